The van der Waals surface area contributed by atoms with E-state index < -0.39 is 0 Å². The van der Waals surface area contributed by atoms with Gasteiger partial charge in [0.25, 0.3) is 0 Å². The first-order valence-corrected chi connectivity index (χ1v) is 19.5. The van der Waals surface area contributed by atoms with E-state index in [1.165, 1.54) is 20.2 Å². The van der Waals surface area contributed by atoms with Crippen LogP contribution < -0.4 is 0 Å². The van der Waals surface area contributed by atoms with Gasteiger partial charge in [0.15, 0.2) is 5.82 Å². The molecule has 0 unspecified atom stereocenters. The third-order valence-electron chi connectivity index (χ3n) is 10.5. The predicted molar refractivity (Wildman–Crippen MR) is 233 cm³/mol. The zero-order valence-electron chi connectivity index (χ0n) is 30.1. The van der Waals surface area contributed by atoms with Crippen molar-refractivity contribution >= 4 is 53.4 Å². The second-order valence-corrected chi connectivity index (χ2v) is 15.0. The van der Waals surface area contributed by atoms with Crippen molar-refractivity contribution in [2.75, 3.05) is 0 Å². The number of hydrogen-bond donors (Lipinski definition) is 0. The zero-order valence-corrected chi connectivity index (χ0v) is 30.9. The minimum atomic E-state index is 0.681. The monoisotopic (exact) mass is 733 g/mol. The van der Waals surface area contributed by atoms with Crippen LogP contribution in [0.15, 0.2) is 192 Å². The Morgan fingerprint density at radius 1 is 0.429 bits per heavy atom. The van der Waals surface area contributed by atoms with Gasteiger partial charge in [-0.05, 0) is 42.0 Å². The fraction of sp³-hybridized carbons (Fsp3) is 0. The molecule has 0 saturated heterocycles. The Bertz CT molecular complexity index is 3180. The average Bonchev–Trinajstić information content (AvgIpc) is 3.87. The molecule has 4 nitrogen and oxygen atoms in total. The minimum absolute atomic E-state index is 0.681. The first-order chi connectivity index (χ1) is 27.8. The van der Waals surface area contributed by atoms with Crippen molar-refractivity contribution in [3.63, 3.8) is 0 Å². The Hall–Kier alpha value is -7.21. The zero-order chi connectivity index (χ0) is 37.0. The maximum atomic E-state index is 7.26. The van der Waals surface area contributed by atoms with Crippen LogP contribution in [-0.4, -0.2) is 15.0 Å². The van der Waals surface area contributed by atoms with Crippen LogP contribution in [0.3, 0.4) is 0 Å². The van der Waals surface area contributed by atoms with Gasteiger partial charge in [0, 0.05) is 58.9 Å². The molecule has 0 spiro atoms. The number of thiophene rings is 1. The number of fused-ring (bicyclic) bond motifs is 6. The van der Waals surface area contributed by atoms with Crippen LogP contribution in [0, 0.1) is 0 Å². The number of para-hydroxylation sites is 1. The molecule has 0 radical (unpaired) electrons. The van der Waals surface area contributed by atoms with Gasteiger partial charge >= 0.3 is 0 Å². The van der Waals surface area contributed by atoms with Crippen molar-refractivity contribution in [1.29, 1.82) is 0 Å². The Morgan fingerprint density at radius 3 is 1.80 bits per heavy atom. The van der Waals surface area contributed by atoms with Gasteiger partial charge in [0.1, 0.15) is 11.3 Å². The van der Waals surface area contributed by atoms with E-state index in [9.17, 15) is 0 Å². The van der Waals surface area contributed by atoms with Crippen LogP contribution >= 0.6 is 11.3 Å². The number of hydrogen-bond acceptors (Lipinski definition) is 5. The molecular formula is C51H31N3OS. The van der Waals surface area contributed by atoms with Gasteiger partial charge in [-0.3, -0.25) is 0 Å². The molecule has 11 aromatic rings. The summed E-state index contributed by atoms with van der Waals surface area (Å²) in [4.78, 5) is 15.6. The molecule has 262 valence electrons. The first kappa shape index (κ1) is 32.2. The van der Waals surface area contributed by atoms with Gasteiger partial charge in [-0.2, -0.15) is 0 Å². The van der Waals surface area contributed by atoms with Gasteiger partial charge < -0.3 is 4.42 Å². The second kappa shape index (κ2) is 13.3. The summed E-state index contributed by atoms with van der Waals surface area (Å²) in [6, 6.07) is 65.2. The maximum Gasteiger partial charge on any atom is 0.160 e. The lowest BCUT2D eigenvalue weighted by Crippen LogP contribution is -1.96. The fourth-order valence-corrected chi connectivity index (χ4v) is 9.10. The Kier molecular flexibility index (Phi) is 7.64. The number of pyridine rings is 1. The Balaban J connectivity index is 1.22. The smallest absolute Gasteiger partial charge is 0.160 e. The normalized spacial score (nSPS) is 11.6. The average molecular weight is 734 g/mol. The number of benzene rings is 7. The number of aromatic nitrogens is 3. The van der Waals surface area contributed by atoms with E-state index in [1.807, 2.05) is 59.9 Å². The third kappa shape index (κ3) is 5.40. The molecule has 56 heavy (non-hydrogen) atoms. The molecule has 0 atom stereocenters. The molecule has 5 heteroatoms. The SMILES string of the molecule is c1ccc(-c2cc(-c3cccc(-c4c(-c5cccc6c5sc5ccccc56)oc5c4c(-c4ccccc4)nc4ccccc45)c3)nc(-c3ccccc3)n2)cc1. The molecule has 4 aromatic heterocycles. The lowest BCUT2D eigenvalue weighted by molar-refractivity contribution is 0.636. The summed E-state index contributed by atoms with van der Waals surface area (Å²) < 4.78 is 9.70. The highest BCUT2D eigenvalue weighted by molar-refractivity contribution is 7.26. The summed E-state index contributed by atoms with van der Waals surface area (Å²) in [5, 5.41) is 4.43. The summed E-state index contributed by atoms with van der Waals surface area (Å²) in [5.74, 6) is 1.50. The molecule has 0 amide bonds. The molecule has 0 N–H and O–H groups in total. The van der Waals surface area contributed by atoms with Crippen LogP contribution in [0.4, 0.5) is 0 Å². The summed E-state index contributed by atoms with van der Waals surface area (Å²) in [6.45, 7) is 0. The van der Waals surface area contributed by atoms with Crippen molar-refractivity contribution in [2.24, 2.45) is 0 Å². The standard InChI is InChI=1S/C51H31N3OS/c1-4-16-32(17-5-1)42-31-43(54-51(53-42)34-20-8-3-9-21-34)35-22-14-23-36(30-35)45-46-47(33-18-6-2-7-19-33)52-41-28-12-10-25-39(41)48(46)55-49(45)40-27-15-26-38-37-24-11-13-29-44(37)56-50(38)40/h1-31H. The van der Waals surface area contributed by atoms with E-state index in [1.54, 1.807) is 0 Å². The van der Waals surface area contributed by atoms with Crippen LogP contribution in [0.5, 0.6) is 0 Å². The van der Waals surface area contributed by atoms with Crippen molar-refractivity contribution in [3.05, 3.63) is 188 Å². The number of rotatable bonds is 6. The van der Waals surface area contributed by atoms with E-state index in [2.05, 4.69) is 140 Å². The molecule has 0 aliphatic rings. The summed E-state index contributed by atoms with van der Waals surface area (Å²) in [5.41, 5.74) is 11.4. The first-order valence-electron chi connectivity index (χ1n) is 18.7. The van der Waals surface area contributed by atoms with Gasteiger partial charge in [0.2, 0.25) is 0 Å². The van der Waals surface area contributed by atoms with E-state index >= 15 is 0 Å². The molecule has 0 aliphatic carbocycles. The van der Waals surface area contributed by atoms with Crippen LogP contribution in [-0.2, 0) is 0 Å². The van der Waals surface area contributed by atoms with Crippen molar-refractivity contribution in [3.8, 4) is 67.6 Å². The summed E-state index contributed by atoms with van der Waals surface area (Å²) >= 11 is 1.81. The third-order valence-corrected chi connectivity index (χ3v) is 11.7. The molecular weight excluding hydrogens is 703 g/mol. The lowest BCUT2D eigenvalue weighted by Gasteiger charge is -2.12. The summed E-state index contributed by atoms with van der Waals surface area (Å²) in [7, 11) is 0. The molecule has 0 saturated carbocycles. The van der Waals surface area contributed by atoms with E-state index in [0.29, 0.717) is 5.82 Å². The van der Waals surface area contributed by atoms with Gasteiger partial charge in [-0.15, -0.1) is 11.3 Å². The Morgan fingerprint density at radius 2 is 1.02 bits per heavy atom. The predicted octanol–water partition coefficient (Wildman–Crippen LogP) is 14.1. The highest BCUT2D eigenvalue weighted by atomic mass is 32.1. The van der Waals surface area contributed by atoms with Crippen LogP contribution in [0.25, 0.3) is 110 Å². The largest absolute Gasteiger partial charge is 0.455 e. The fourth-order valence-electron chi connectivity index (χ4n) is 7.88. The molecule has 11 rings (SSSR count). The van der Waals surface area contributed by atoms with E-state index in [4.69, 9.17) is 19.4 Å². The van der Waals surface area contributed by atoms with Crippen molar-refractivity contribution in [1.82, 2.24) is 15.0 Å². The number of nitrogens with zero attached hydrogens (tertiary/aromatic N) is 3. The van der Waals surface area contributed by atoms with Crippen molar-refractivity contribution in [2.45, 2.75) is 0 Å². The highest BCUT2D eigenvalue weighted by Crippen LogP contribution is 2.50. The van der Waals surface area contributed by atoms with Crippen LogP contribution in [0.2, 0.25) is 0 Å². The van der Waals surface area contributed by atoms with E-state index in [-0.39, 0.29) is 0 Å². The molecule has 4 heterocycles. The van der Waals surface area contributed by atoms with Crippen LogP contribution in [0.1, 0.15) is 0 Å². The van der Waals surface area contributed by atoms with E-state index in [0.717, 1.165) is 83.7 Å². The Labute approximate surface area is 327 Å². The van der Waals surface area contributed by atoms with Crippen molar-refractivity contribution < 1.29 is 4.42 Å². The highest BCUT2D eigenvalue weighted by Gasteiger charge is 2.26. The topological polar surface area (TPSA) is 51.8 Å². The number of furan rings is 1. The summed E-state index contributed by atoms with van der Waals surface area (Å²) in [6.07, 6.45) is 0. The molecule has 0 bridgehead atoms. The molecule has 7 aromatic carbocycles. The second-order valence-electron chi connectivity index (χ2n) is 13.9. The van der Waals surface area contributed by atoms with Gasteiger partial charge in [-0.25, -0.2) is 15.0 Å². The molecule has 0 fully saturated rings. The minimum Gasteiger partial charge on any atom is -0.455 e. The lowest BCUT2D eigenvalue weighted by atomic mass is 9.93. The maximum absolute atomic E-state index is 7.26. The van der Waals surface area contributed by atoms with Gasteiger partial charge in [-0.1, -0.05) is 152 Å². The van der Waals surface area contributed by atoms with Gasteiger partial charge in [0.05, 0.1) is 28.0 Å². The molecule has 0 aliphatic heterocycles. The quantitative estimate of drug-likeness (QED) is 0.171.